The topological polar surface area (TPSA) is 6.48 Å². The summed E-state index contributed by atoms with van der Waals surface area (Å²) in [5.74, 6) is 0. The van der Waals surface area contributed by atoms with Crippen LogP contribution >= 0.6 is 0 Å². The highest BCUT2D eigenvalue weighted by Crippen LogP contribution is 2.55. The molecule has 0 amide bonds. The lowest BCUT2D eigenvalue weighted by Gasteiger charge is -2.47. The van der Waals surface area contributed by atoms with Gasteiger partial charge >= 0.3 is 0 Å². The average Bonchev–Trinajstić information content (AvgIpc) is 3.46. The van der Waals surface area contributed by atoms with Crippen LogP contribution in [-0.2, 0) is 27.1 Å². The zero-order valence-corrected chi connectivity index (χ0v) is 41.8. The van der Waals surface area contributed by atoms with E-state index in [1.54, 1.807) is 0 Å². The molecule has 2 aliphatic carbocycles. The first-order valence-corrected chi connectivity index (χ1v) is 24.6. The zero-order valence-electron chi connectivity index (χ0n) is 41.8. The Morgan fingerprint density at radius 2 is 0.864 bits per heavy atom. The molecule has 0 aromatic heterocycles. The van der Waals surface area contributed by atoms with Gasteiger partial charge in [0.15, 0.2) is 0 Å². The van der Waals surface area contributed by atoms with E-state index in [1.807, 2.05) is 0 Å². The summed E-state index contributed by atoms with van der Waals surface area (Å²) in [4.78, 5) is 5.40. The maximum Gasteiger partial charge on any atom is 0.252 e. The lowest BCUT2D eigenvalue weighted by atomic mass is 9.33. The van der Waals surface area contributed by atoms with Crippen LogP contribution in [0.2, 0.25) is 0 Å². The van der Waals surface area contributed by atoms with Crippen molar-refractivity contribution >= 4 is 57.2 Å². The number of hydrogen-bond acceptors (Lipinski definition) is 2. The Labute approximate surface area is 396 Å². The van der Waals surface area contributed by atoms with Gasteiger partial charge in [-0.2, -0.15) is 0 Å². The number of aryl methyl sites for hydroxylation is 2. The van der Waals surface area contributed by atoms with E-state index in [0.717, 1.165) is 6.42 Å². The van der Waals surface area contributed by atoms with Gasteiger partial charge < -0.3 is 9.80 Å². The van der Waals surface area contributed by atoms with Crippen molar-refractivity contribution in [3.05, 3.63) is 172 Å². The number of nitrogens with zero attached hydrogens (tertiary/aromatic N) is 2. The normalized spacial score (nSPS) is 18.0. The van der Waals surface area contributed by atoms with Gasteiger partial charge in [-0.05, 0) is 174 Å². The van der Waals surface area contributed by atoms with Crippen LogP contribution in [0.15, 0.2) is 133 Å². The Bertz CT molecular complexity index is 3120. The van der Waals surface area contributed by atoms with Crippen LogP contribution in [0.25, 0.3) is 22.3 Å². The molecule has 0 N–H and O–H groups in total. The Balaban J connectivity index is 1.29. The highest BCUT2D eigenvalue weighted by molar-refractivity contribution is 7.00. The molecule has 0 unspecified atom stereocenters. The lowest BCUT2D eigenvalue weighted by molar-refractivity contribution is 0.332. The molecule has 11 rings (SSSR count). The monoisotopic (exact) mass is 863 g/mol. The molecular weight excluding hydrogens is 796 g/mol. The summed E-state index contributed by atoms with van der Waals surface area (Å²) in [5.41, 5.74) is 26.9. The van der Waals surface area contributed by atoms with Crippen LogP contribution in [0.1, 0.15) is 134 Å². The SMILES string of the molecule is Cc1ccc(-c2ccccc2)cc1N1c2cc(-c3ccccc3)ccc2B2c3cc4c(cc3N(c3cc5c(cc3C)C(C)(C)CCC5(C)C)c3cc(C(C)(C)C)cc1c32)C(C)(C)CC4(C)C. The molecule has 0 saturated carbocycles. The highest BCUT2D eigenvalue weighted by atomic mass is 15.2. The van der Waals surface area contributed by atoms with E-state index in [-0.39, 0.29) is 33.8 Å². The molecule has 0 fully saturated rings. The summed E-state index contributed by atoms with van der Waals surface area (Å²) >= 11 is 0. The molecule has 2 nitrogen and oxygen atoms in total. The van der Waals surface area contributed by atoms with E-state index in [0.29, 0.717) is 0 Å². The molecule has 66 heavy (non-hydrogen) atoms. The van der Waals surface area contributed by atoms with Crippen LogP contribution in [-0.4, -0.2) is 6.71 Å². The molecule has 0 spiro atoms. The Morgan fingerprint density at radius 3 is 1.42 bits per heavy atom. The summed E-state index contributed by atoms with van der Waals surface area (Å²) in [5, 5.41) is 0. The van der Waals surface area contributed by atoms with Gasteiger partial charge in [0.25, 0.3) is 6.71 Å². The second kappa shape index (κ2) is 14.4. The predicted octanol–water partition coefficient (Wildman–Crippen LogP) is 15.3. The third kappa shape index (κ3) is 6.50. The molecule has 0 radical (unpaired) electrons. The smallest absolute Gasteiger partial charge is 0.252 e. The van der Waals surface area contributed by atoms with Crippen molar-refractivity contribution in [3.63, 3.8) is 0 Å². The van der Waals surface area contributed by atoms with Crippen molar-refractivity contribution in [1.82, 2.24) is 0 Å². The first-order chi connectivity index (χ1) is 31.1. The Morgan fingerprint density at radius 1 is 0.409 bits per heavy atom. The fourth-order valence-corrected chi connectivity index (χ4v) is 12.8. The van der Waals surface area contributed by atoms with Gasteiger partial charge in [0.2, 0.25) is 0 Å². The summed E-state index contributed by atoms with van der Waals surface area (Å²) in [6, 6.07) is 52.0. The van der Waals surface area contributed by atoms with E-state index in [4.69, 9.17) is 0 Å². The van der Waals surface area contributed by atoms with Crippen molar-refractivity contribution in [1.29, 1.82) is 0 Å². The molecular formula is C63H67BN2. The third-order valence-electron chi connectivity index (χ3n) is 16.5. The minimum atomic E-state index is -0.118. The van der Waals surface area contributed by atoms with Crippen molar-refractivity contribution < 1.29 is 0 Å². The fourth-order valence-electron chi connectivity index (χ4n) is 12.8. The number of fused-ring (bicyclic) bond motifs is 6. The van der Waals surface area contributed by atoms with Crippen molar-refractivity contribution in [2.24, 2.45) is 0 Å². The quantitative estimate of drug-likeness (QED) is 0.163. The summed E-state index contributed by atoms with van der Waals surface area (Å²) in [6.07, 6.45) is 3.50. The zero-order chi connectivity index (χ0) is 46.5. The summed E-state index contributed by atoms with van der Waals surface area (Å²) in [6.45, 7) is 31.7. The standard InChI is InChI=1S/C63H67BN2/c1-39-24-25-43(41-20-16-14-17-21-41)31-52(39)65-54-32-44(42-22-18-15-19-23-42)26-27-50(54)64-51-35-47-49(63(12,13)38-62(47,10)11)37-55(51)66(57-34-45(59(3,4)5)33-56(65)58(57)64)53-36-48-46(30-40(53)2)60(6,7)28-29-61(48,8)9/h14-27,30-37H,28-29,38H2,1-13H3. The van der Waals surface area contributed by atoms with E-state index in [2.05, 4.69) is 233 Å². The fraction of sp³-hybridized carbons (Fsp3) is 0.333. The number of benzene rings is 7. The number of rotatable bonds is 4. The molecule has 4 aliphatic rings. The molecule has 2 aliphatic heterocycles. The number of anilines is 6. The Hall–Kier alpha value is -5.80. The summed E-state index contributed by atoms with van der Waals surface area (Å²) < 4.78 is 0. The van der Waals surface area contributed by atoms with Gasteiger partial charge in [0.1, 0.15) is 0 Å². The van der Waals surface area contributed by atoms with E-state index in [1.165, 1.54) is 125 Å². The van der Waals surface area contributed by atoms with Gasteiger partial charge in [0.05, 0.1) is 0 Å². The van der Waals surface area contributed by atoms with Crippen molar-refractivity contribution in [3.8, 4) is 22.3 Å². The molecule has 0 atom stereocenters. The maximum absolute atomic E-state index is 2.74. The third-order valence-corrected chi connectivity index (χ3v) is 16.5. The minimum absolute atomic E-state index is 0.0297. The van der Waals surface area contributed by atoms with Crippen molar-refractivity contribution in [2.75, 3.05) is 9.80 Å². The van der Waals surface area contributed by atoms with Gasteiger partial charge in [-0.3, -0.25) is 0 Å². The molecule has 7 aromatic rings. The van der Waals surface area contributed by atoms with Crippen molar-refractivity contribution in [2.45, 2.75) is 136 Å². The molecule has 2 heterocycles. The molecule has 332 valence electrons. The second-order valence-electron chi connectivity index (χ2n) is 24.1. The van der Waals surface area contributed by atoms with Gasteiger partial charge in [-0.25, -0.2) is 0 Å². The summed E-state index contributed by atoms with van der Waals surface area (Å²) in [7, 11) is 0. The molecule has 7 aromatic carbocycles. The van der Waals surface area contributed by atoms with Crippen LogP contribution in [0.5, 0.6) is 0 Å². The van der Waals surface area contributed by atoms with Gasteiger partial charge in [-0.15, -0.1) is 0 Å². The largest absolute Gasteiger partial charge is 0.311 e. The van der Waals surface area contributed by atoms with Crippen LogP contribution < -0.4 is 26.2 Å². The van der Waals surface area contributed by atoms with E-state index < -0.39 is 0 Å². The van der Waals surface area contributed by atoms with Crippen LogP contribution in [0, 0.1) is 13.8 Å². The molecule has 0 saturated heterocycles. The average molecular weight is 863 g/mol. The lowest BCUT2D eigenvalue weighted by Crippen LogP contribution is -2.61. The first-order valence-electron chi connectivity index (χ1n) is 24.6. The van der Waals surface area contributed by atoms with Gasteiger partial charge in [0, 0.05) is 34.1 Å². The maximum atomic E-state index is 2.74. The molecule has 3 heteroatoms. The molecule has 0 bridgehead atoms. The van der Waals surface area contributed by atoms with E-state index >= 15 is 0 Å². The predicted molar refractivity (Wildman–Crippen MR) is 285 cm³/mol. The van der Waals surface area contributed by atoms with Crippen LogP contribution in [0.4, 0.5) is 34.1 Å². The first kappa shape index (κ1) is 42.8. The second-order valence-corrected chi connectivity index (χ2v) is 24.1. The highest BCUT2D eigenvalue weighted by Gasteiger charge is 2.49. The Kier molecular flexibility index (Phi) is 9.31. The van der Waals surface area contributed by atoms with Crippen LogP contribution in [0.3, 0.4) is 0 Å². The van der Waals surface area contributed by atoms with Gasteiger partial charge in [-0.1, -0.05) is 173 Å². The minimum Gasteiger partial charge on any atom is -0.311 e. The van der Waals surface area contributed by atoms with E-state index in [9.17, 15) is 0 Å². The number of hydrogen-bond donors (Lipinski definition) is 0.